The molecule has 0 radical (unpaired) electrons. The van der Waals surface area contributed by atoms with Crippen molar-refractivity contribution in [2.75, 3.05) is 18.0 Å². The molecule has 3 rings (SSSR count). The Kier molecular flexibility index (Phi) is 5.06. The van der Waals surface area contributed by atoms with Gasteiger partial charge in [0.1, 0.15) is 17.3 Å². The molecular formula is C17H24N4O. The summed E-state index contributed by atoms with van der Waals surface area (Å²) >= 11 is 0. The number of carbonyl (C=O) groups is 1. The van der Waals surface area contributed by atoms with Crippen LogP contribution in [0.4, 0.5) is 5.82 Å². The number of rotatable bonds is 3. The van der Waals surface area contributed by atoms with Crippen LogP contribution in [-0.2, 0) is 0 Å². The zero-order chi connectivity index (χ0) is 16.3. The molecular weight excluding hydrogens is 276 g/mol. The van der Waals surface area contributed by atoms with Crippen molar-refractivity contribution in [1.29, 1.82) is 0 Å². The largest absolute Gasteiger partial charge is 0.348 e. The van der Waals surface area contributed by atoms with Gasteiger partial charge in [0.05, 0.1) is 17.4 Å². The van der Waals surface area contributed by atoms with Crippen LogP contribution in [0.3, 0.4) is 0 Å². The quantitative estimate of drug-likeness (QED) is 0.868. The van der Waals surface area contributed by atoms with E-state index in [1.807, 2.05) is 33.8 Å². The smallest absolute Gasteiger partial charge is 0.201 e. The van der Waals surface area contributed by atoms with Gasteiger partial charge in [-0.25, -0.2) is 15.0 Å². The second kappa shape index (κ2) is 6.81. The summed E-state index contributed by atoms with van der Waals surface area (Å²) in [5.41, 5.74) is 2.18. The first-order chi connectivity index (χ1) is 10.6. The van der Waals surface area contributed by atoms with Crippen LogP contribution in [0.1, 0.15) is 55.6 Å². The summed E-state index contributed by atoms with van der Waals surface area (Å²) in [6.45, 7) is 11.1. The minimum Gasteiger partial charge on any atom is -0.348 e. The number of hydrogen-bond donors (Lipinski definition) is 0. The van der Waals surface area contributed by atoms with Gasteiger partial charge in [0, 0.05) is 12.2 Å². The second-order valence-corrected chi connectivity index (χ2v) is 5.30. The first-order valence-electron chi connectivity index (χ1n) is 8.04. The highest BCUT2D eigenvalue weighted by molar-refractivity contribution is 6.14. The van der Waals surface area contributed by atoms with E-state index < -0.39 is 0 Å². The highest BCUT2D eigenvalue weighted by Gasteiger charge is 2.28. The van der Waals surface area contributed by atoms with Gasteiger partial charge in [-0.15, -0.1) is 0 Å². The average Bonchev–Trinajstić information content (AvgIpc) is 2.50. The topological polar surface area (TPSA) is 59.0 Å². The first kappa shape index (κ1) is 16.3. The molecule has 0 atom stereocenters. The zero-order valence-corrected chi connectivity index (χ0v) is 14.1. The molecule has 118 valence electrons. The Hall–Kier alpha value is -2.04. The fourth-order valence-electron chi connectivity index (χ4n) is 2.66. The molecule has 0 bridgehead atoms. The monoisotopic (exact) mass is 300 g/mol. The van der Waals surface area contributed by atoms with Gasteiger partial charge < -0.3 is 4.90 Å². The molecule has 0 aliphatic carbocycles. The third-order valence-electron chi connectivity index (χ3n) is 3.58. The molecule has 0 fully saturated rings. The number of Topliss-reactive ketones (excluding diaryl/α,β-unsaturated/α-hetero) is 1. The zero-order valence-electron chi connectivity index (χ0n) is 14.1. The molecule has 1 aliphatic rings. The van der Waals surface area contributed by atoms with Crippen LogP contribution in [0.2, 0.25) is 0 Å². The normalized spacial score (nSPS) is 13.1. The summed E-state index contributed by atoms with van der Waals surface area (Å²) in [6.07, 6.45) is 2.14. The van der Waals surface area contributed by atoms with Crippen LogP contribution in [0, 0.1) is 13.8 Å². The number of ketones is 1. The molecule has 1 aliphatic heterocycles. The Morgan fingerprint density at radius 3 is 2.59 bits per heavy atom. The maximum Gasteiger partial charge on any atom is 0.201 e. The number of aromatic nitrogens is 3. The standard InChI is InChI=1S/C15H18N4O.C2H6/c1-4-5-6-19-8-12(20)14-13-11(7-9(2)16-14)17-10(3)18-15(13)19;1-2/h7H,4-6,8H2,1-3H3;1-2H3. The van der Waals surface area contributed by atoms with Crippen molar-refractivity contribution in [3.63, 3.8) is 0 Å². The van der Waals surface area contributed by atoms with Crippen molar-refractivity contribution < 1.29 is 4.79 Å². The van der Waals surface area contributed by atoms with Gasteiger partial charge >= 0.3 is 0 Å². The Bertz CT molecular complexity index is 691. The maximum absolute atomic E-state index is 12.3. The summed E-state index contributed by atoms with van der Waals surface area (Å²) < 4.78 is 0. The van der Waals surface area contributed by atoms with E-state index in [4.69, 9.17) is 0 Å². The summed E-state index contributed by atoms with van der Waals surface area (Å²) in [5, 5.41) is 0.813. The molecule has 0 amide bonds. The Balaban J connectivity index is 0.000000847. The second-order valence-electron chi connectivity index (χ2n) is 5.30. The number of aryl methyl sites for hydroxylation is 2. The molecule has 2 aromatic heterocycles. The molecule has 5 nitrogen and oxygen atoms in total. The van der Waals surface area contributed by atoms with E-state index in [2.05, 4.69) is 26.8 Å². The van der Waals surface area contributed by atoms with Gasteiger partial charge in [0.25, 0.3) is 0 Å². The van der Waals surface area contributed by atoms with Crippen LogP contribution in [0.15, 0.2) is 6.07 Å². The molecule has 2 aromatic rings. The Labute approximate surface area is 131 Å². The lowest BCUT2D eigenvalue weighted by atomic mass is 10.0. The van der Waals surface area contributed by atoms with E-state index in [0.717, 1.165) is 47.6 Å². The van der Waals surface area contributed by atoms with Gasteiger partial charge in [-0.1, -0.05) is 27.2 Å². The number of anilines is 1. The van der Waals surface area contributed by atoms with Gasteiger partial charge in [-0.3, -0.25) is 4.79 Å². The molecule has 3 heterocycles. The van der Waals surface area contributed by atoms with E-state index >= 15 is 0 Å². The average molecular weight is 300 g/mol. The summed E-state index contributed by atoms with van der Waals surface area (Å²) in [6, 6.07) is 1.92. The maximum atomic E-state index is 12.3. The summed E-state index contributed by atoms with van der Waals surface area (Å²) in [4.78, 5) is 27.8. The number of unbranched alkanes of at least 4 members (excludes halogenated alkanes) is 1. The molecule has 0 saturated carbocycles. The number of hydrogen-bond acceptors (Lipinski definition) is 5. The Morgan fingerprint density at radius 1 is 1.18 bits per heavy atom. The molecule has 0 N–H and O–H groups in total. The third-order valence-corrected chi connectivity index (χ3v) is 3.58. The predicted molar refractivity (Wildman–Crippen MR) is 89.6 cm³/mol. The van der Waals surface area contributed by atoms with E-state index in [1.165, 1.54) is 0 Å². The molecule has 0 aromatic carbocycles. The van der Waals surface area contributed by atoms with E-state index in [1.54, 1.807) is 0 Å². The third kappa shape index (κ3) is 2.93. The van der Waals surface area contributed by atoms with Gasteiger partial charge in [0.2, 0.25) is 5.78 Å². The first-order valence-corrected chi connectivity index (χ1v) is 8.04. The lowest BCUT2D eigenvalue weighted by Gasteiger charge is -2.28. The van der Waals surface area contributed by atoms with Crippen molar-refractivity contribution in [1.82, 2.24) is 15.0 Å². The number of pyridine rings is 1. The van der Waals surface area contributed by atoms with Crippen molar-refractivity contribution in [3.8, 4) is 0 Å². The SMILES string of the molecule is CC.CCCCN1CC(=O)c2nc(C)cc3nc(C)nc1c23. The number of carbonyl (C=O) groups excluding carboxylic acids is 1. The summed E-state index contributed by atoms with van der Waals surface area (Å²) in [5.74, 6) is 1.66. The molecule has 0 spiro atoms. The van der Waals surface area contributed by atoms with Gasteiger partial charge in [0.15, 0.2) is 0 Å². The minimum atomic E-state index is 0.0646. The highest BCUT2D eigenvalue weighted by atomic mass is 16.1. The lowest BCUT2D eigenvalue weighted by molar-refractivity contribution is 0.0993. The van der Waals surface area contributed by atoms with E-state index in [-0.39, 0.29) is 5.78 Å². The molecule has 0 saturated heterocycles. The minimum absolute atomic E-state index is 0.0646. The molecule has 22 heavy (non-hydrogen) atoms. The highest BCUT2D eigenvalue weighted by Crippen LogP contribution is 2.31. The van der Waals surface area contributed by atoms with Crippen LogP contribution < -0.4 is 4.90 Å². The van der Waals surface area contributed by atoms with E-state index in [0.29, 0.717) is 12.2 Å². The fraction of sp³-hybridized carbons (Fsp3) is 0.529. The fourth-order valence-corrected chi connectivity index (χ4v) is 2.66. The summed E-state index contributed by atoms with van der Waals surface area (Å²) in [7, 11) is 0. The molecule has 0 unspecified atom stereocenters. The van der Waals surface area contributed by atoms with Crippen molar-refractivity contribution >= 4 is 22.5 Å². The van der Waals surface area contributed by atoms with Crippen LogP contribution in [0.25, 0.3) is 10.9 Å². The van der Waals surface area contributed by atoms with Crippen molar-refractivity contribution in [2.24, 2.45) is 0 Å². The van der Waals surface area contributed by atoms with Gasteiger partial charge in [-0.2, -0.15) is 0 Å². The van der Waals surface area contributed by atoms with Crippen molar-refractivity contribution in [2.45, 2.75) is 47.5 Å². The predicted octanol–water partition coefficient (Wildman–Crippen LogP) is 3.47. The van der Waals surface area contributed by atoms with E-state index in [9.17, 15) is 4.79 Å². The lowest BCUT2D eigenvalue weighted by Crippen LogP contribution is -2.36. The number of nitrogens with zero attached hydrogens (tertiary/aromatic N) is 4. The van der Waals surface area contributed by atoms with Crippen molar-refractivity contribution in [3.05, 3.63) is 23.3 Å². The van der Waals surface area contributed by atoms with Crippen LogP contribution >= 0.6 is 0 Å². The Morgan fingerprint density at radius 2 is 1.91 bits per heavy atom. The van der Waals surface area contributed by atoms with Crippen LogP contribution in [0.5, 0.6) is 0 Å². The molecule has 5 heteroatoms. The van der Waals surface area contributed by atoms with Gasteiger partial charge in [-0.05, 0) is 26.3 Å². The van der Waals surface area contributed by atoms with Crippen LogP contribution in [-0.4, -0.2) is 33.8 Å².